The zero-order chi connectivity index (χ0) is 13.8. The van der Waals surface area contributed by atoms with E-state index in [1.165, 1.54) is 0 Å². The summed E-state index contributed by atoms with van der Waals surface area (Å²) in [7, 11) is 0. The van der Waals surface area contributed by atoms with Crippen LogP contribution in [0.5, 0.6) is 0 Å². The molecule has 2 rings (SSSR count). The van der Waals surface area contributed by atoms with Gasteiger partial charge in [-0.05, 0) is 30.7 Å². The molecule has 1 aromatic heterocycles. The number of hydrogen-bond donors (Lipinski definition) is 1. The molecule has 0 atom stereocenters. The summed E-state index contributed by atoms with van der Waals surface area (Å²) < 4.78 is 5.31. The van der Waals surface area contributed by atoms with Crippen LogP contribution in [0.15, 0.2) is 28.8 Å². The predicted molar refractivity (Wildman–Crippen MR) is 78.5 cm³/mol. The molecule has 3 nitrogen and oxygen atoms in total. The van der Waals surface area contributed by atoms with Crippen molar-refractivity contribution in [3.05, 3.63) is 40.0 Å². The summed E-state index contributed by atoms with van der Waals surface area (Å²) in [6, 6.07) is 7.15. The molecule has 0 aliphatic carbocycles. The summed E-state index contributed by atoms with van der Waals surface area (Å²) in [4.78, 5) is 0. The van der Waals surface area contributed by atoms with Crippen molar-refractivity contribution in [2.24, 2.45) is 5.92 Å². The molecule has 1 N–H and O–H groups in total. The standard InChI is InChI=1S/C14H16Cl2N2O/c1-9(2)7-17-8-11-6-14(19-18-11)12-5-10(15)3-4-13(12)16/h3-6,9,17H,7-8H2,1-2H3. The van der Waals surface area contributed by atoms with Crippen molar-refractivity contribution in [2.45, 2.75) is 20.4 Å². The number of aromatic nitrogens is 1. The molecule has 0 aliphatic rings. The Morgan fingerprint density at radius 1 is 1.26 bits per heavy atom. The summed E-state index contributed by atoms with van der Waals surface area (Å²) >= 11 is 12.1. The monoisotopic (exact) mass is 298 g/mol. The number of nitrogens with zero attached hydrogens (tertiary/aromatic N) is 1. The van der Waals surface area contributed by atoms with E-state index >= 15 is 0 Å². The molecule has 102 valence electrons. The maximum Gasteiger partial charge on any atom is 0.168 e. The highest BCUT2D eigenvalue weighted by atomic mass is 35.5. The smallest absolute Gasteiger partial charge is 0.168 e. The van der Waals surface area contributed by atoms with E-state index < -0.39 is 0 Å². The molecule has 5 heteroatoms. The predicted octanol–water partition coefficient (Wildman–Crippen LogP) is 4.39. The Balaban J connectivity index is 2.10. The van der Waals surface area contributed by atoms with Crippen LogP contribution in [-0.4, -0.2) is 11.7 Å². The van der Waals surface area contributed by atoms with E-state index in [0.29, 0.717) is 28.3 Å². The lowest BCUT2D eigenvalue weighted by atomic mass is 10.1. The Hall–Kier alpha value is -1.03. The third-order valence-corrected chi connectivity index (χ3v) is 3.18. The number of rotatable bonds is 5. The van der Waals surface area contributed by atoms with Crippen LogP contribution in [0.1, 0.15) is 19.5 Å². The summed E-state index contributed by atoms with van der Waals surface area (Å²) in [6.07, 6.45) is 0. The van der Waals surface area contributed by atoms with Gasteiger partial charge in [0.05, 0.1) is 10.7 Å². The van der Waals surface area contributed by atoms with E-state index in [-0.39, 0.29) is 0 Å². The van der Waals surface area contributed by atoms with E-state index in [9.17, 15) is 0 Å². The lowest BCUT2D eigenvalue weighted by Crippen LogP contribution is -2.18. The van der Waals surface area contributed by atoms with Gasteiger partial charge in [0, 0.05) is 23.2 Å². The molecule has 0 spiro atoms. The highest BCUT2D eigenvalue weighted by molar-refractivity contribution is 6.35. The minimum Gasteiger partial charge on any atom is -0.356 e. The number of benzene rings is 1. The third kappa shape index (κ3) is 3.96. The van der Waals surface area contributed by atoms with Crippen molar-refractivity contribution in [1.29, 1.82) is 0 Å². The Bertz CT molecular complexity index is 552. The second-order valence-electron chi connectivity index (χ2n) is 4.83. The van der Waals surface area contributed by atoms with Gasteiger partial charge in [-0.1, -0.05) is 42.2 Å². The number of nitrogens with one attached hydrogen (secondary N) is 1. The van der Waals surface area contributed by atoms with Gasteiger partial charge >= 0.3 is 0 Å². The Labute approximate surface area is 122 Å². The van der Waals surface area contributed by atoms with Crippen LogP contribution in [0.25, 0.3) is 11.3 Å². The molecule has 19 heavy (non-hydrogen) atoms. The molecule has 0 saturated carbocycles. The van der Waals surface area contributed by atoms with Crippen molar-refractivity contribution in [2.75, 3.05) is 6.54 Å². The molecule has 0 bridgehead atoms. The van der Waals surface area contributed by atoms with Crippen molar-refractivity contribution in [3.63, 3.8) is 0 Å². The van der Waals surface area contributed by atoms with Crippen LogP contribution in [0.2, 0.25) is 10.0 Å². The first-order valence-corrected chi connectivity index (χ1v) is 6.93. The Kier molecular flexibility index (Phi) is 4.86. The van der Waals surface area contributed by atoms with Crippen molar-refractivity contribution in [1.82, 2.24) is 10.5 Å². The normalized spacial score (nSPS) is 11.2. The average molecular weight is 299 g/mol. The lowest BCUT2D eigenvalue weighted by molar-refractivity contribution is 0.418. The zero-order valence-electron chi connectivity index (χ0n) is 10.9. The van der Waals surface area contributed by atoms with Gasteiger partial charge in [-0.15, -0.1) is 0 Å². The van der Waals surface area contributed by atoms with Gasteiger partial charge in [0.25, 0.3) is 0 Å². The highest BCUT2D eigenvalue weighted by Crippen LogP contribution is 2.30. The van der Waals surface area contributed by atoms with Crippen LogP contribution < -0.4 is 5.32 Å². The van der Waals surface area contributed by atoms with E-state index in [1.54, 1.807) is 18.2 Å². The van der Waals surface area contributed by atoms with Gasteiger partial charge in [0.2, 0.25) is 0 Å². The fourth-order valence-electron chi connectivity index (χ4n) is 1.70. The van der Waals surface area contributed by atoms with Gasteiger partial charge in [-0.2, -0.15) is 0 Å². The van der Waals surface area contributed by atoms with Crippen LogP contribution in [-0.2, 0) is 6.54 Å². The fraction of sp³-hybridized carbons (Fsp3) is 0.357. The highest BCUT2D eigenvalue weighted by Gasteiger charge is 2.11. The second kappa shape index (κ2) is 6.42. The van der Waals surface area contributed by atoms with Gasteiger partial charge in [0.1, 0.15) is 0 Å². The first-order valence-electron chi connectivity index (χ1n) is 6.18. The molecule has 1 heterocycles. The van der Waals surface area contributed by atoms with E-state index in [4.69, 9.17) is 27.7 Å². The maximum atomic E-state index is 6.12. The molecule has 1 aromatic carbocycles. The fourth-order valence-corrected chi connectivity index (χ4v) is 2.08. The van der Waals surface area contributed by atoms with E-state index in [0.717, 1.165) is 17.8 Å². The number of halogens is 2. The van der Waals surface area contributed by atoms with Crippen LogP contribution in [0.4, 0.5) is 0 Å². The molecule has 0 unspecified atom stereocenters. The van der Waals surface area contributed by atoms with Crippen molar-refractivity contribution in [3.8, 4) is 11.3 Å². The minimum atomic E-state index is 0.599. The van der Waals surface area contributed by atoms with E-state index in [1.807, 2.05) is 6.07 Å². The molecule has 0 fully saturated rings. The summed E-state index contributed by atoms with van der Waals surface area (Å²) in [6.45, 7) is 5.94. The topological polar surface area (TPSA) is 38.1 Å². The van der Waals surface area contributed by atoms with Gasteiger partial charge in [0.15, 0.2) is 5.76 Å². The first kappa shape index (κ1) is 14.4. The molecule has 2 aromatic rings. The average Bonchev–Trinajstić information content (AvgIpc) is 2.80. The largest absolute Gasteiger partial charge is 0.356 e. The summed E-state index contributed by atoms with van der Waals surface area (Å²) in [5, 5.41) is 8.55. The van der Waals surface area contributed by atoms with Crippen LogP contribution in [0, 0.1) is 5.92 Å². The quantitative estimate of drug-likeness (QED) is 0.889. The molecule has 0 radical (unpaired) electrons. The molecule has 0 amide bonds. The maximum absolute atomic E-state index is 6.12. The summed E-state index contributed by atoms with van der Waals surface area (Å²) in [5.41, 5.74) is 1.61. The zero-order valence-corrected chi connectivity index (χ0v) is 12.4. The third-order valence-electron chi connectivity index (χ3n) is 2.61. The SMILES string of the molecule is CC(C)CNCc1cc(-c2cc(Cl)ccc2Cl)on1. The first-order chi connectivity index (χ1) is 9.06. The molecule has 0 aliphatic heterocycles. The molecular weight excluding hydrogens is 283 g/mol. The Morgan fingerprint density at radius 2 is 2.05 bits per heavy atom. The van der Waals surface area contributed by atoms with Crippen molar-refractivity contribution < 1.29 is 4.52 Å². The van der Waals surface area contributed by atoms with Gasteiger partial charge < -0.3 is 9.84 Å². The van der Waals surface area contributed by atoms with Gasteiger partial charge in [-0.25, -0.2) is 0 Å². The molecular formula is C14H16Cl2N2O. The molecule has 0 saturated heterocycles. The minimum absolute atomic E-state index is 0.599. The van der Waals surface area contributed by atoms with E-state index in [2.05, 4.69) is 24.3 Å². The second-order valence-corrected chi connectivity index (χ2v) is 5.68. The Morgan fingerprint density at radius 3 is 2.79 bits per heavy atom. The lowest BCUT2D eigenvalue weighted by Gasteiger charge is -2.04. The number of hydrogen-bond acceptors (Lipinski definition) is 3. The van der Waals surface area contributed by atoms with Crippen LogP contribution >= 0.6 is 23.2 Å². The van der Waals surface area contributed by atoms with Gasteiger partial charge in [-0.3, -0.25) is 0 Å². The van der Waals surface area contributed by atoms with Crippen molar-refractivity contribution >= 4 is 23.2 Å². The van der Waals surface area contributed by atoms with Crippen LogP contribution in [0.3, 0.4) is 0 Å². The summed E-state index contributed by atoms with van der Waals surface area (Å²) in [5.74, 6) is 1.24.